The van der Waals surface area contributed by atoms with Gasteiger partial charge in [0.25, 0.3) is 0 Å². The van der Waals surface area contributed by atoms with Gasteiger partial charge in [0.1, 0.15) is 0 Å². The monoisotopic (exact) mass is 159 g/mol. The van der Waals surface area contributed by atoms with Crippen LogP contribution in [0.3, 0.4) is 0 Å². The Morgan fingerprint density at radius 2 is 1.82 bits per heavy atom. The van der Waals surface area contributed by atoms with E-state index >= 15 is 0 Å². The minimum atomic E-state index is 0. The summed E-state index contributed by atoms with van der Waals surface area (Å²) >= 11 is 0. The maximum atomic E-state index is 5.00. The van der Waals surface area contributed by atoms with E-state index in [-0.39, 0.29) is 7.43 Å². The normalized spacial score (nSPS) is 19.4. The third-order valence-electron chi connectivity index (χ3n) is 2.06. The fourth-order valence-corrected chi connectivity index (χ4v) is 1.40. The summed E-state index contributed by atoms with van der Waals surface area (Å²) in [4.78, 5) is 2.48. The highest BCUT2D eigenvalue weighted by atomic mass is 16.5. The van der Waals surface area contributed by atoms with Gasteiger partial charge in [0.05, 0.1) is 6.61 Å². The number of piperidine rings is 1. The van der Waals surface area contributed by atoms with Crippen LogP contribution in [0.5, 0.6) is 0 Å². The molecule has 1 heterocycles. The number of nitrogens with zero attached hydrogens (tertiary/aromatic N) is 1. The minimum Gasteiger partial charge on any atom is -0.383 e. The molecule has 11 heavy (non-hydrogen) atoms. The van der Waals surface area contributed by atoms with Crippen LogP contribution >= 0.6 is 0 Å². The van der Waals surface area contributed by atoms with Gasteiger partial charge in [-0.1, -0.05) is 13.8 Å². The van der Waals surface area contributed by atoms with Crippen molar-refractivity contribution in [1.29, 1.82) is 0 Å². The van der Waals surface area contributed by atoms with Gasteiger partial charge in [-0.3, -0.25) is 0 Å². The van der Waals surface area contributed by atoms with Gasteiger partial charge in [-0.15, -0.1) is 0 Å². The fraction of sp³-hybridized carbons (Fsp3) is 1.00. The number of hydrogen-bond acceptors (Lipinski definition) is 2. The molecule has 0 radical (unpaired) electrons. The molecule has 0 saturated carbocycles. The van der Waals surface area contributed by atoms with Gasteiger partial charge in [0.2, 0.25) is 0 Å². The van der Waals surface area contributed by atoms with Crippen LogP contribution in [-0.4, -0.2) is 38.3 Å². The van der Waals surface area contributed by atoms with Crippen molar-refractivity contribution in [3.63, 3.8) is 0 Å². The van der Waals surface area contributed by atoms with Gasteiger partial charge >= 0.3 is 0 Å². The van der Waals surface area contributed by atoms with Crippen molar-refractivity contribution in [1.82, 2.24) is 4.90 Å². The van der Waals surface area contributed by atoms with Crippen molar-refractivity contribution in [2.24, 2.45) is 0 Å². The Hall–Kier alpha value is -0.0800. The molecule has 0 atom stereocenters. The Morgan fingerprint density at radius 1 is 1.18 bits per heavy atom. The van der Waals surface area contributed by atoms with E-state index in [1.165, 1.54) is 32.4 Å². The summed E-state index contributed by atoms with van der Waals surface area (Å²) in [6.45, 7) is 4.57. The van der Waals surface area contributed by atoms with E-state index in [0.29, 0.717) is 0 Å². The maximum Gasteiger partial charge on any atom is 0.0589 e. The van der Waals surface area contributed by atoms with Crippen molar-refractivity contribution >= 4 is 0 Å². The van der Waals surface area contributed by atoms with E-state index < -0.39 is 0 Å². The number of ether oxygens (including phenoxy) is 1. The van der Waals surface area contributed by atoms with Crippen molar-refractivity contribution in [3.8, 4) is 0 Å². The fourth-order valence-electron chi connectivity index (χ4n) is 1.40. The third-order valence-corrected chi connectivity index (χ3v) is 2.06. The summed E-state index contributed by atoms with van der Waals surface area (Å²) in [5.41, 5.74) is 0. The Bertz CT molecular complexity index is 79.6. The summed E-state index contributed by atoms with van der Waals surface area (Å²) < 4.78 is 5.00. The van der Waals surface area contributed by atoms with E-state index in [2.05, 4.69) is 4.90 Å². The van der Waals surface area contributed by atoms with Crippen LogP contribution in [0.2, 0.25) is 0 Å². The summed E-state index contributed by atoms with van der Waals surface area (Å²) in [5, 5.41) is 0. The lowest BCUT2D eigenvalue weighted by molar-refractivity contribution is 0.135. The molecule has 0 amide bonds. The number of rotatable bonds is 3. The molecule has 0 aliphatic carbocycles. The third kappa shape index (κ3) is 4.38. The number of likely N-dealkylation sites (tertiary alicyclic amines) is 1. The van der Waals surface area contributed by atoms with Crippen LogP contribution in [0.4, 0.5) is 0 Å². The average Bonchev–Trinajstić information content (AvgIpc) is 2.03. The van der Waals surface area contributed by atoms with E-state index in [9.17, 15) is 0 Å². The van der Waals surface area contributed by atoms with Crippen molar-refractivity contribution < 1.29 is 4.74 Å². The SMILES string of the molecule is C.COCCN1CCCCC1. The molecule has 1 rings (SSSR count). The van der Waals surface area contributed by atoms with Gasteiger partial charge in [-0.05, 0) is 25.9 Å². The molecule has 68 valence electrons. The van der Waals surface area contributed by atoms with Crippen LogP contribution in [0.1, 0.15) is 26.7 Å². The molecule has 1 saturated heterocycles. The molecule has 2 heteroatoms. The van der Waals surface area contributed by atoms with Crippen molar-refractivity contribution in [2.45, 2.75) is 26.7 Å². The molecule has 0 aromatic rings. The van der Waals surface area contributed by atoms with E-state index in [4.69, 9.17) is 4.74 Å². The Kier molecular flexibility index (Phi) is 6.57. The van der Waals surface area contributed by atoms with Gasteiger partial charge in [0, 0.05) is 13.7 Å². The number of hydrogen-bond donors (Lipinski definition) is 0. The predicted molar refractivity (Wildman–Crippen MR) is 48.9 cm³/mol. The summed E-state index contributed by atoms with van der Waals surface area (Å²) in [5.74, 6) is 0. The zero-order chi connectivity index (χ0) is 7.23. The average molecular weight is 159 g/mol. The molecule has 0 spiro atoms. The quantitative estimate of drug-likeness (QED) is 0.622. The second-order valence-corrected chi connectivity index (χ2v) is 2.90. The second kappa shape index (κ2) is 6.62. The highest BCUT2D eigenvalue weighted by Gasteiger charge is 2.08. The molecular formula is C9H21NO. The second-order valence-electron chi connectivity index (χ2n) is 2.90. The standard InChI is InChI=1S/C8H17NO.CH4/c1-10-8-7-9-5-3-2-4-6-9;/h2-8H2,1H3;1H4. The molecule has 1 aliphatic rings. The van der Waals surface area contributed by atoms with E-state index in [0.717, 1.165) is 13.2 Å². The molecule has 0 aromatic heterocycles. The Labute approximate surface area is 70.5 Å². The minimum absolute atomic E-state index is 0. The van der Waals surface area contributed by atoms with Crippen molar-refractivity contribution in [2.75, 3.05) is 33.4 Å². The van der Waals surface area contributed by atoms with Crippen LogP contribution in [0.25, 0.3) is 0 Å². The highest BCUT2D eigenvalue weighted by molar-refractivity contribution is 4.63. The molecule has 1 aliphatic heterocycles. The first-order valence-corrected chi connectivity index (χ1v) is 4.15. The lowest BCUT2D eigenvalue weighted by Crippen LogP contribution is -2.32. The molecule has 0 N–H and O–H groups in total. The first kappa shape index (κ1) is 10.9. The van der Waals surface area contributed by atoms with E-state index in [1.807, 2.05) is 0 Å². The Morgan fingerprint density at radius 3 is 2.36 bits per heavy atom. The predicted octanol–water partition coefficient (Wildman–Crippen LogP) is 1.75. The topological polar surface area (TPSA) is 12.5 Å². The van der Waals surface area contributed by atoms with Crippen LogP contribution in [-0.2, 0) is 4.74 Å². The zero-order valence-corrected chi connectivity index (χ0v) is 6.81. The smallest absolute Gasteiger partial charge is 0.0589 e. The van der Waals surface area contributed by atoms with Crippen molar-refractivity contribution in [3.05, 3.63) is 0 Å². The van der Waals surface area contributed by atoms with Gasteiger partial charge in [0.15, 0.2) is 0 Å². The molecule has 0 bridgehead atoms. The van der Waals surface area contributed by atoms with Crippen LogP contribution in [0.15, 0.2) is 0 Å². The van der Waals surface area contributed by atoms with Crippen LogP contribution in [0, 0.1) is 0 Å². The summed E-state index contributed by atoms with van der Waals surface area (Å²) in [6.07, 6.45) is 4.18. The molecular weight excluding hydrogens is 138 g/mol. The molecule has 2 nitrogen and oxygen atoms in total. The van der Waals surface area contributed by atoms with Gasteiger partial charge in [-0.25, -0.2) is 0 Å². The molecule has 1 fully saturated rings. The first-order valence-electron chi connectivity index (χ1n) is 4.15. The largest absolute Gasteiger partial charge is 0.383 e. The van der Waals surface area contributed by atoms with Gasteiger partial charge < -0.3 is 9.64 Å². The van der Waals surface area contributed by atoms with Gasteiger partial charge in [-0.2, -0.15) is 0 Å². The lowest BCUT2D eigenvalue weighted by atomic mass is 10.1. The Balaban J connectivity index is 0.000001000. The zero-order valence-electron chi connectivity index (χ0n) is 6.81. The summed E-state index contributed by atoms with van der Waals surface area (Å²) in [7, 11) is 1.77. The molecule has 0 unspecified atom stereocenters. The summed E-state index contributed by atoms with van der Waals surface area (Å²) in [6, 6.07) is 0. The van der Waals surface area contributed by atoms with E-state index in [1.54, 1.807) is 7.11 Å². The van der Waals surface area contributed by atoms with Crippen LogP contribution < -0.4 is 0 Å². The number of methoxy groups -OCH3 is 1. The highest BCUT2D eigenvalue weighted by Crippen LogP contribution is 2.07. The first-order chi connectivity index (χ1) is 4.93. The molecule has 0 aromatic carbocycles. The lowest BCUT2D eigenvalue weighted by Gasteiger charge is -2.25. The maximum absolute atomic E-state index is 5.00.